The first-order valence-corrected chi connectivity index (χ1v) is 4.12. The van der Waals surface area contributed by atoms with Crippen molar-refractivity contribution in [3.63, 3.8) is 0 Å². The maximum absolute atomic E-state index is 11.3. The zero-order valence-corrected chi connectivity index (χ0v) is 7.88. The number of fused-ring (bicyclic) bond motifs is 1. The van der Waals surface area contributed by atoms with Gasteiger partial charge in [0.1, 0.15) is 17.0 Å². The Morgan fingerprint density at radius 3 is 2.85 bits per heavy atom. The van der Waals surface area contributed by atoms with Crippen LogP contribution in [-0.4, -0.2) is 14.5 Å². The molecule has 0 amide bonds. The molecule has 2 heterocycles. The Morgan fingerprint density at radius 2 is 2.15 bits per heavy atom. The van der Waals surface area contributed by atoms with Gasteiger partial charge in [-0.2, -0.15) is 0 Å². The van der Waals surface area contributed by atoms with Gasteiger partial charge in [-0.25, -0.2) is 4.98 Å². The van der Waals surface area contributed by atoms with Crippen LogP contribution in [-0.2, 0) is 7.05 Å². The molecule has 0 spiro atoms. The Labute approximate surface area is 75.2 Å². The van der Waals surface area contributed by atoms with Crippen LogP contribution in [0.5, 0.6) is 0 Å². The zero-order valence-electron chi connectivity index (χ0n) is 7.88. The van der Waals surface area contributed by atoms with Crippen molar-refractivity contribution >= 4 is 11.2 Å². The van der Waals surface area contributed by atoms with Gasteiger partial charge in [-0.05, 0) is 19.9 Å². The van der Waals surface area contributed by atoms with Crippen LogP contribution in [0.4, 0.5) is 0 Å². The van der Waals surface area contributed by atoms with Crippen LogP contribution >= 0.6 is 0 Å². The lowest BCUT2D eigenvalue weighted by molar-refractivity contribution is 0.871. The van der Waals surface area contributed by atoms with Gasteiger partial charge in [0.05, 0.1) is 0 Å². The number of nitrogens with one attached hydrogen (secondary N) is 1. The van der Waals surface area contributed by atoms with Crippen LogP contribution in [0.15, 0.2) is 10.9 Å². The van der Waals surface area contributed by atoms with Crippen LogP contribution < -0.4 is 5.56 Å². The molecule has 13 heavy (non-hydrogen) atoms. The van der Waals surface area contributed by atoms with E-state index in [0.29, 0.717) is 5.56 Å². The minimum absolute atomic E-state index is 0.0458. The topological polar surface area (TPSA) is 50.7 Å². The van der Waals surface area contributed by atoms with Gasteiger partial charge >= 0.3 is 0 Å². The second-order valence-electron chi connectivity index (χ2n) is 3.23. The summed E-state index contributed by atoms with van der Waals surface area (Å²) < 4.78 is 1.87. The third-order valence-corrected chi connectivity index (χ3v) is 2.29. The molecule has 0 fully saturated rings. The third-order valence-electron chi connectivity index (χ3n) is 2.29. The number of nitrogens with zero attached hydrogens (tertiary/aromatic N) is 2. The molecule has 4 heteroatoms. The maximum atomic E-state index is 11.3. The summed E-state index contributed by atoms with van der Waals surface area (Å²) in [6, 6.07) is 1.81. The van der Waals surface area contributed by atoms with E-state index < -0.39 is 0 Å². The average molecular weight is 177 g/mol. The van der Waals surface area contributed by atoms with E-state index in [0.717, 1.165) is 17.0 Å². The molecule has 0 bridgehead atoms. The molecule has 2 aromatic rings. The monoisotopic (exact) mass is 177 g/mol. The Kier molecular flexibility index (Phi) is 1.52. The summed E-state index contributed by atoms with van der Waals surface area (Å²) in [5.41, 5.74) is 2.28. The van der Waals surface area contributed by atoms with E-state index in [-0.39, 0.29) is 5.56 Å². The molecule has 0 aromatic carbocycles. The largest absolute Gasteiger partial charge is 0.318 e. The van der Waals surface area contributed by atoms with Crippen LogP contribution in [0, 0.1) is 13.8 Å². The summed E-state index contributed by atoms with van der Waals surface area (Å²) in [7, 11) is 1.88. The second-order valence-corrected chi connectivity index (χ2v) is 3.23. The highest BCUT2D eigenvalue weighted by molar-refractivity contribution is 5.71. The molecule has 68 valence electrons. The fourth-order valence-corrected chi connectivity index (χ4v) is 1.36. The standard InChI is InChI=1S/C9H11N3O/c1-5-4-7-8(11-9(5)13)12(3)6(2)10-7/h4H,1-3H3,(H,11,13). The number of hydrogen-bond donors (Lipinski definition) is 1. The van der Waals surface area contributed by atoms with E-state index in [1.807, 2.05) is 18.5 Å². The fourth-order valence-electron chi connectivity index (χ4n) is 1.36. The maximum Gasteiger partial charge on any atom is 0.252 e. The Morgan fingerprint density at radius 1 is 1.46 bits per heavy atom. The van der Waals surface area contributed by atoms with Crippen LogP contribution in [0.3, 0.4) is 0 Å². The van der Waals surface area contributed by atoms with Gasteiger partial charge in [-0.1, -0.05) is 0 Å². The van der Waals surface area contributed by atoms with E-state index in [1.165, 1.54) is 0 Å². The summed E-state index contributed by atoms with van der Waals surface area (Å²) in [6.45, 7) is 3.69. The van der Waals surface area contributed by atoms with Crippen LogP contribution in [0.2, 0.25) is 0 Å². The quantitative estimate of drug-likeness (QED) is 0.649. The van der Waals surface area contributed by atoms with Crippen molar-refractivity contribution in [2.75, 3.05) is 0 Å². The molecule has 0 atom stereocenters. The first-order valence-electron chi connectivity index (χ1n) is 4.12. The highest BCUT2D eigenvalue weighted by Gasteiger charge is 2.05. The highest BCUT2D eigenvalue weighted by atomic mass is 16.1. The number of hydrogen-bond acceptors (Lipinski definition) is 2. The van der Waals surface area contributed by atoms with Crippen molar-refractivity contribution in [3.05, 3.63) is 27.8 Å². The molecule has 0 aliphatic rings. The number of pyridine rings is 1. The lowest BCUT2D eigenvalue weighted by Gasteiger charge is -1.96. The number of rotatable bonds is 0. The molecule has 2 aromatic heterocycles. The molecule has 0 saturated heterocycles. The van der Waals surface area contributed by atoms with E-state index in [2.05, 4.69) is 9.97 Å². The minimum Gasteiger partial charge on any atom is -0.318 e. The number of H-pyrrole nitrogens is 1. The number of aromatic amines is 1. The van der Waals surface area contributed by atoms with Gasteiger partial charge in [0, 0.05) is 12.6 Å². The summed E-state index contributed by atoms with van der Waals surface area (Å²) in [5, 5.41) is 0. The number of aromatic nitrogens is 3. The normalized spacial score (nSPS) is 11.0. The fraction of sp³-hybridized carbons (Fsp3) is 0.333. The van der Waals surface area contributed by atoms with Crippen LogP contribution in [0.25, 0.3) is 11.2 Å². The predicted octanol–water partition coefficient (Wildman–Crippen LogP) is 0.878. The van der Waals surface area contributed by atoms with E-state index >= 15 is 0 Å². The summed E-state index contributed by atoms with van der Waals surface area (Å²) >= 11 is 0. The van der Waals surface area contributed by atoms with Crippen molar-refractivity contribution in [3.8, 4) is 0 Å². The van der Waals surface area contributed by atoms with E-state index in [4.69, 9.17) is 0 Å². The summed E-state index contributed by atoms with van der Waals surface area (Å²) in [6.07, 6.45) is 0. The van der Waals surface area contributed by atoms with Gasteiger partial charge in [0.25, 0.3) is 5.56 Å². The smallest absolute Gasteiger partial charge is 0.252 e. The summed E-state index contributed by atoms with van der Waals surface area (Å²) in [5.74, 6) is 0.899. The first-order chi connectivity index (χ1) is 6.09. The minimum atomic E-state index is -0.0458. The van der Waals surface area contributed by atoms with E-state index in [1.54, 1.807) is 13.0 Å². The Hall–Kier alpha value is -1.58. The lowest BCUT2D eigenvalue weighted by atomic mass is 10.3. The first kappa shape index (κ1) is 8.04. The Bertz CT molecular complexity index is 521. The molecule has 0 aliphatic carbocycles. The highest BCUT2D eigenvalue weighted by Crippen LogP contribution is 2.10. The van der Waals surface area contributed by atoms with Gasteiger partial charge < -0.3 is 9.55 Å². The van der Waals surface area contributed by atoms with Crippen molar-refractivity contribution < 1.29 is 0 Å². The average Bonchev–Trinajstić information content (AvgIpc) is 2.32. The molecule has 2 rings (SSSR count). The molecule has 1 N–H and O–H groups in total. The number of aryl methyl sites for hydroxylation is 3. The molecule has 0 radical (unpaired) electrons. The van der Waals surface area contributed by atoms with Crippen molar-refractivity contribution in [2.45, 2.75) is 13.8 Å². The molecule has 0 saturated carbocycles. The molecular weight excluding hydrogens is 166 g/mol. The van der Waals surface area contributed by atoms with Gasteiger partial charge in [-0.3, -0.25) is 4.79 Å². The van der Waals surface area contributed by atoms with Crippen molar-refractivity contribution in [1.29, 1.82) is 0 Å². The lowest BCUT2D eigenvalue weighted by Crippen LogP contribution is -2.09. The van der Waals surface area contributed by atoms with Crippen LogP contribution in [0.1, 0.15) is 11.4 Å². The van der Waals surface area contributed by atoms with Gasteiger partial charge in [-0.15, -0.1) is 0 Å². The van der Waals surface area contributed by atoms with E-state index in [9.17, 15) is 4.79 Å². The van der Waals surface area contributed by atoms with Gasteiger partial charge in [0.2, 0.25) is 0 Å². The molecule has 0 unspecified atom stereocenters. The predicted molar refractivity (Wildman–Crippen MR) is 50.8 cm³/mol. The SMILES string of the molecule is Cc1cc2nc(C)n(C)c2[nH]c1=O. The molecular formula is C9H11N3O. The molecule has 4 nitrogen and oxygen atoms in total. The second kappa shape index (κ2) is 2.45. The van der Waals surface area contributed by atoms with Crippen molar-refractivity contribution in [1.82, 2.24) is 14.5 Å². The summed E-state index contributed by atoms with van der Waals surface area (Å²) in [4.78, 5) is 18.4. The third kappa shape index (κ3) is 1.06. The molecule has 0 aliphatic heterocycles. The zero-order chi connectivity index (χ0) is 9.59. The number of imidazole rings is 1. The Balaban J connectivity index is 2.97. The van der Waals surface area contributed by atoms with Gasteiger partial charge in [0.15, 0.2) is 0 Å². The van der Waals surface area contributed by atoms with Crippen molar-refractivity contribution in [2.24, 2.45) is 7.05 Å².